The minimum atomic E-state index is -0.495. The van der Waals surface area contributed by atoms with E-state index in [9.17, 15) is 4.79 Å². The van der Waals surface area contributed by atoms with Crippen molar-refractivity contribution in [2.45, 2.75) is 0 Å². The molecule has 0 heterocycles. The van der Waals surface area contributed by atoms with Crippen LogP contribution in [0, 0.1) is 0 Å². The summed E-state index contributed by atoms with van der Waals surface area (Å²) in [4.78, 5) is 9.48. The second-order valence-corrected chi connectivity index (χ2v) is 1.49. The second-order valence-electron chi connectivity index (χ2n) is 1.02. The van der Waals surface area contributed by atoms with E-state index in [-0.39, 0.29) is 5.11 Å². The molecule has 0 aliphatic heterocycles. The quantitative estimate of drug-likeness (QED) is 0.314. The lowest BCUT2D eigenvalue weighted by molar-refractivity contribution is 0.251. The highest BCUT2D eigenvalue weighted by atomic mass is 32.1. The van der Waals surface area contributed by atoms with Crippen molar-refractivity contribution < 1.29 is 4.79 Å². The minimum absolute atomic E-state index is 0.000000000000000222. The number of thiocarbonyl (C=S) groups is 1. The lowest BCUT2D eigenvalue weighted by Gasteiger charge is -1.80. The molecule has 0 aliphatic rings. The SMILES string of the molecule is CNC(N)=O.NC(N)=S. The van der Waals surface area contributed by atoms with Crippen LogP contribution in [0.15, 0.2) is 0 Å². The van der Waals surface area contributed by atoms with E-state index in [2.05, 4.69) is 34.7 Å². The summed E-state index contributed by atoms with van der Waals surface area (Å²) in [5.74, 6) is 0. The number of primary amides is 1. The highest BCUT2D eigenvalue weighted by Crippen LogP contribution is 1.38. The number of hydrogen-bond donors (Lipinski definition) is 4. The Morgan fingerprint density at radius 2 is 1.56 bits per heavy atom. The van der Waals surface area contributed by atoms with Crippen LogP contribution in [0.25, 0.3) is 0 Å². The minimum Gasteiger partial charge on any atom is -0.377 e. The molecule has 0 aromatic rings. The van der Waals surface area contributed by atoms with Crippen molar-refractivity contribution in [1.82, 2.24) is 5.32 Å². The van der Waals surface area contributed by atoms with Gasteiger partial charge in [0.15, 0.2) is 5.11 Å². The molecule has 7 N–H and O–H groups in total. The summed E-state index contributed by atoms with van der Waals surface area (Å²) in [6.07, 6.45) is 0. The number of carbonyl (C=O) groups is 1. The van der Waals surface area contributed by atoms with Crippen molar-refractivity contribution >= 4 is 23.4 Å². The first-order valence-electron chi connectivity index (χ1n) is 2.02. The molecule has 0 bridgehead atoms. The number of nitrogens with one attached hydrogen (secondary N) is 1. The Kier molecular flexibility index (Phi) is 8.39. The van der Waals surface area contributed by atoms with Crippen LogP contribution in [0.5, 0.6) is 0 Å². The summed E-state index contributed by atoms with van der Waals surface area (Å²) in [5, 5.41) is 2.17. The van der Waals surface area contributed by atoms with E-state index in [1.807, 2.05) is 0 Å². The molecule has 0 saturated carbocycles. The largest absolute Gasteiger partial charge is 0.377 e. The first-order chi connectivity index (χ1) is 4.00. The molecular formula is C3H10N4OS. The van der Waals surface area contributed by atoms with Gasteiger partial charge in [-0.15, -0.1) is 0 Å². The average Bonchev–Trinajstić information content (AvgIpc) is 1.65. The molecule has 2 amide bonds. The third-order valence-electron chi connectivity index (χ3n) is 0.246. The summed E-state index contributed by atoms with van der Waals surface area (Å²) in [7, 11) is 1.47. The molecule has 0 fully saturated rings. The summed E-state index contributed by atoms with van der Waals surface area (Å²) >= 11 is 4.09. The van der Waals surface area contributed by atoms with Gasteiger partial charge in [-0.3, -0.25) is 0 Å². The van der Waals surface area contributed by atoms with Crippen LogP contribution in [-0.2, 0) is 0 Å². The van der Waals surface area contributed by atoms with Gasteiger partial charge in [0.1, 0.15) is 0 Å². The fourth-order valence-corrected chi connectivity index (χ4v) is 0. The number of hydrogen-bond acceptors (Lipinski definition) is 2. The molecule has 54 valence electrons. The van der Waals surface area contributed by atoms with Gasteiger partial charge in [0.05, 0.1) is 0 Å². The molecule has 5 nitrogen and oxygen atoms in total. The predicted molar refractivity (Wildman–Crippen MR) is 39.6 cm³/mol. The van der Waals surface area contributed by atoms with Gasteiger partial charge < -0.3 is 22.5 Å². The van der Waals surface area contributed by atoms with Crippen molar-refractivity contribution in [1.29, 1.82) is 0 Å². The molecule has 0 saturated heterocycles. The number of rotatable bonds is 0. The number of carbonyl (C=O) groups excluding carboxylic acids is 1. The van der Waals surface area contributed by atoms with Crippen LogP contribution in [0.1, 0.15) is 0 Å². The van der Waals surface area contributed by atoms with Crippen molar-refractivity contribution in [3.8, 4) is 0 Å². The van der Waals surface area contributed by atoms with Gasteiger partial charge >= 0.3 is 6.03 Å². The maximum absolute atomic E-state index is 9.48. The molecular weight excluding hydrogens is 140 g/mol. The van der Waals surface area contributed by atoms with Gasteiger partial charge in [-0.05, 0) is 12.2 Å². The molecule has 0 radical (unpaired) electrons. The maximum atomic E-state index is 9.48. The van der Waals surface area contributed by atoms with Crippen LogP contribution >= 0.6 is 12.2 Å². The van der Waals surface area contributed by atoms with Crippen LogP contribution in [0.4, 0.5) is 4.79 Å². The van der Waals surface area contributed by atoms with Crippen molar-refractivity contribution in [3.63, 3.8) is 0 Å². The fraction of sp³-hybridized carbons (Fsp3) is 0.333. The van der Waals surface area contributed by atoms with E-state index in [1.54, 1.807) is 0 Å². The molecule has 0 aromatic carbocycles. The lowest BCUT2D eigenvalue weighted by atomic mass is 11.1. The van der Waals surface area contributed by atoms with Gasteiger partial charge in [-0.2, -0.15) is 0 Å². The Hall–Kier alpha value is -1.04. The smallest absolute Gasteiger partial charge is 0.311 e. The maximum Gasteiger partial charge on any atom is 0.311 e. The van der Waals surface area contributed by atoms with Gasteiger partial charge in [-0.1, -0.05) is 0 Å². The highest BCUT2D eigenvalue weighted by molar-refractivity contribution is 7.80. The summed E-state index contributed by atoms with van der Waals surface area (Å²) in [6.45, 7) is 0. The van der Waals surface area contributed by atoms with Crippen LogP contribution < -0.4 is 22.5 Å². The highest BCUT2D eigenvalue weighted by Gasteiger charge is 1.72. The van der Waals surface area contributed by atoms with E-state index in [0.717, 1.165) is 0 Å². The third-order valence-corrected chi connectivity index (χ3v) is 0.246. The van der Waals surface area contributed by atoms with Gasteiger partial charge in [0.2, 0.25) is 0 Å². The van der Waals surface area contributed by atoms with Crippen molar-refractivity contribution in [2.24, 2.45) is 17.2 Å². The predicted octanol–water partition coefficient (Wildman–Crippen LogP) is -1.53. The molecule has 0 spiro atoms. The Balaban J connectivity index is 0. The Morgan fingerprint density at radius 3 is 1.56 bits per heavy atom. The van der Waals surface area contributed by atoms with Gasteiger partial charge in [0, 0.05) is 7.05 Å². The van der Waals surface area contributed by atoms with Crippen LogP contribution in [-0.4, -0.2) is 18.2 Å². The van der Waals surface area contributed by atoms with E-state index in [0.29, 0.717) is 0 Å². The van der Waals surface area contributed by atoms with Crippen molar-refractivity contribution in [3.05, 3.63) is 0 Å². The molecule has 6 heteroatoms. The van der Waals surface area contributed by atoms with Crippen LogP contribution in [0.3, 0.4) is 0 Å². The second kappa shape index (κ2) is 6.96. The number of urea groups is 1. The zero-order valence-corrected chi connectivity index (χ0v) is 5.87. The molecule has 0 unspecified atom stereocenters. The molecule has 9 heavy (non-hydrogen) atoms. The molecule has 0 atom stereocenters. The average molecular weight is 150 g/mol. The fourth-order valence-electron chi connectivity index (χ4n) is 0. The summed E-state index contributed by atoms with van der Waals surface area (Å²) < 4.78 is 0. The van der Waals surface area contributed by atoms with Gasteiger partial charge in [0.25, 0.3) is 0 Å². The Labute approximate surface area is 58.6 Å². The van der Waals surface area contributed by atoms with E-state index >= 15 is 0 Å². The monoisotopic (exact) mass is 150 g/mol. The number of amides is 2. The first kappa shape index (κ1) is 10.9. The lowest BCUT2D eigenvalue weighted by Crippen LogP contribution is -2.24. The molecule has 0 rings (SSSR count). The summed E-state index contributed by atoms with van der Waals surface area (Å²) in [6, 6.07) is -0.495. The van der Waals surface area contributed by atoms with E-state index < -0.39 is 6.03 Å². The van der Waals surface area contributed by atoms with Gasteiger partial charge in [-0.25, -0.2) is 4.79 Å². The van der Waals surface area contributed by atoms with E-state index in [1.165, 1.54) is 7.05 Å². The van der Waals surface area contributed by atoms with Crippen molar-refractivity contribution in [2.75, 3.05) is 7.05 Å². The Bertz CT molecular complexity index is 100.0. The molecule has 0 aromatic heterocycles. The first-order valence-corrected chi connectivity index (χ1v) is 2.43. The Morgan fingerprint density at radius 1 is 1.44 bits per heavy atom. The standard InChI is InChI=1S/C2H6N2O.CH4N2S/c1-4-2(3)5;2-1(3)4/h1H3,(H3,3,4,5);(H4,2,3,4). The molecule has 0 aliphatic carbocycles. The third kappa shape index (κ3) is 186. The topological polar surface area (TPSA) is 107 Å². The number of nitrogens with two attached hydrogens (primary N) is 3. The van der Waals surface area contributed by atoms with Crippen LogP contribution in [0.2, 0.25) is 0 Å². The summed E-state index contributed by atoms with van der Waals surface area (Å²) in [5.41, 5.74) is 13.8. The zero-order chi connectivity index (χ0) is 7.86. The van der Waals surface area contributed by atoms with E-state index in [4.69, 9.17) is 0 Å². The zero-order valence-electron chi connectivity index (χ0n) is 5.05. The normalized spacial score (nSPS) is 6.33.